The fourth-order valence-electron chi connectivity index (χ4n) is 5.08. The number of likely N-dealkylation sites (tertiary alicyclic amines) is 1. The van der Waals surface area contributed by atoms with Gasteiger partial charge in [0.25, 0.3) is 0 Å². The van der Waals surface area contributed by atoms with Gasteiger partial charge in [0.2, 0.25) is 5.88 Å². The number of aliphatic imine (C=N–C) groups is 1. The van der Waals surface area contributed by atoms with Crippen molar-refractivity contribution in [3.8, 4) is 5.75 Å². The molecule has 7 heteroatoms. The highest BCUT2D eigenvalue weighted by Gasteiger charge is 2.35. The Bertz CT molecular complexity index is 894. The van der Waals surface area contributed by atoms with Crippen molar-refractivity contribution in [2.75, 3.05) is 38.2 Å². The van der Waals surface area contributed by atoms with E-state index < -0.39 is 5.82 Å². The Morgan fingerprint density at radius 3 is 2.69 bits per heavy atom. The molecule has 0 saturated carbocycles. The molecule has 32 heavy (non-hydrogen) atoms. The SMILES string of the molecule is CCC/C=C(/N=C(\C1=C(C)CN(c2c(O)cccc2F)CC1)N1CC2CCC(C1)N2)OC. The summed E-state index contributed by atoms with van der Waals surface area (Å²) < 4.78 is 20.1. The number of phenolic OH excluding ortho intramolecular Hbond substituents is 1. The van der Waals surface area contributed by atoms with Gasteiger partial charge in [-0.2, -0.15) is 4.99 Å². The quantitative estimate of drug-likeness (QED) is 0.393. The molecule has 2 atom stereocenters. The minimum absolute atomic E-state index is 0.0158. The van der Waals surface area contributed by atoms with E-state index in [1.807, 2.05) is 4.90 Å². The van der Waals surface area contributed by atoms with Crippen LogP contribution >= 0.6 is 0 Å². The molecule has 2 N–H and O–H groups in total. The van der Waals surface area contributed by atoms with Crippen molar-refractivity contribution in [3.63, 3.8) is 0 Å². The Morgan fingerprint density at radius 2 is 2.06 bits per heavy atom. The summed E-state index contributed by atoms with van der Waals surface area (Å²) >= 11 is 0. The molecule has 0 aliphatic carbocycles. The maximum atomic E-state index is 14.5. The normalized spacial score (nSPS) is 24.4. The fraction of sp³-hybridized carbons (Fsp3) is 0.560. The number of hydrogen-bond acceptors (Lipinski definition) is 5. The number of methoxy groups -OCH3 is 1. The molecule has 0 spiro atoms. The molecule has 2 bridgehead atoms. The number of halogens is 1. The number of nitrogens with zero attached hydrogens (tertiary/aromatic N) is 3. The summed E-state index contributed by atoms with van der Waals surface area (Å²) in [7, 11) is 1.68. The van der Waals surface area contributed by atoms with Gasteiger partial charge in [-0.3, -0.25) is 0 Å². The van der Waals surface area contributed by atoms with Crippen LogP contribution in [0.2, 0.25) is 0 Å². The van der Waals surface area contributed by atoms with E-state index in [2.05, 4.69) is 30.1 Å². The van der Waals surface area contributed by atoms with Gasteiger partial charge in [-0.25, -0.2) is 4.39 Å². The van der Waals surface area contributed by atoms with Crippen molar-refractivity contribution in [2.45, 2.75) is 58.0 Å². The molecule has 3 aliphatic heterocycles. The monoisotopic (exact) mass is 442 g/mol. The van der Waals surface area contributed by atoms with Gasteiger partial charge in [0.15, 0.2) is 0 Å². The van der Waals surface area contributed by atoms with Crippen LogP contribution in [0.3, 0.4) is 0 Å². The lowest BCUT2D eigenvalue weighted by Crippen LogP contribution is -2.54. The van der Waals surface area contributed by atoms with Crippen LogP contribution in [0.1, 0.15) is 46.0 Å². The Hall–Kier alpha value is -2.54. The van der Waals surface area contributed by atoms with Gasteiger partial charge in [-0.15, -0.1) is 0 Å². The number of unbranched alkanes of at least 4 members (excludes halogenated alkanes) is 1. The van der Waals surface area contributed by atoms with E-state index in [9.17, 15) is 9.50 Å². The van der Waals surface area contributed by atoms with Crippen LogP contribution in [-0.2, 0) is 4.74 Å². The van der Waals surface area contributed by atoms with Crippen LogP contribution in [0.15, 0.2) is 46.3 Å². The van der Waals surface area contributed by atoms with Gasteiger partial charge < -0.3 is 25.0 Å². The molecule has 3 aliphatic rings. The van der Waals surface area contributed by atoms with Crippen LogP contribution in [0.5, 0.6) is 5.75 Å². The smallest absolute Gasteiger partial charge is 0.210 e. The van der Waals surface area contributed by atoms with Crippen molar-refractivity contribution in [2.24, 2.45) is 4.99 Å². The predicted molar refractivity (Wildman–Crippen MR) is 127 cm³/mol. The Morgan fingerprint density at radius 1 is 1.31 bits per heavy atom. The number of piperazine rings is 1. The summed E-state index contributed by atoms with van der Waals surface area (Å²) in [5, 5.41) is 13.9. The summed E-state index contributed by atoms with van der Waals surface area (Å²) in [5.74, 6) is 1.24. The molecule has 0 radical (unpaired) electrons. The lowest BCUT2D eigenvalue weighted by atomic mass is 9.97. The standard InChI is InChI=1S/C25H35FN4O2/c1-4-5-9-23(32-3)28-25(30-15-18-10-11-19(16-30)27-18)20-12-13-29(14-17(20)2)24-21(26)7-6-8-22(24)31/h6-9,18-19,27,31H,4-5,10-16H2,1-3H3/b23-9-,28-25+. The Balaban J connectivity index is 1.66. The van der Waals surface area contributed by atoms with Crippen LogP contribution in [-0.4, -0.2) is 61.2 Å². The molecule has 2 fully saturated rings. The summed E-state index contributed by atoms with van der Waals surface area (Å²) in [6, 6.07) is 5.47. The number of fused-ring (bicyclic) bond motifs is 2. The highest BCUT2D eigenvalue weighted by molar-refractivity contribution is 6.00. The van der Waals surface area contributed by atoms with E-state index in [1.54, 1.807) is 13.2 Å². The third-order valence-electron chi connectivity index (χ3n) is 6.68. The van der Waals surface area contributed by atoms with Crippen molar-refractivity contribution in [1.29, 1.82) is 0 Å². The number of allylic oxidation sites excluding steroid dienone is 1. The molecular weight excluding hydrogens is 407 g/mol. The highest BCUT2D eigenvalue weighted by Crippen LogP contribution is 2.34. The predicted octanol–water partition coefficient (Wildman–Crippen LogP) is 4.18. The van der Waals surface area contributed by atoms with Gasteiger partial charge in [-0.1, -0.05) is 19.4 Å². The molecule has 1 aromatic rings. The van der Waals surface area contributed by atoms with E-state index >= 15 is 0 Å². The van der Waals surface area contributed by atoms with Crippen molar-refractivity contribution in [3.05, 3.63) is 47.1 Å². The Kier molecular flexibility index (Phi) is 7.04. The van der Waals surface area contributed by atoms with Crippen LogP contribution in [0, 0.1) is 5.82 Å². The minimum Gasteiger partial charge on any atom is -0.506 e. The lowest BCUT2D eigenvalue weighted by molar-refractivity contribution is 0.272. The third-order valence-corrected chi connectivity index (χ3v) is 6.68. The number of phenols is 1. The zero-order valence-corrected chi connectivity index (χ0v) is 19.4. The molecule has 1 aromatic carbocycles. The largest absolute Gasteiger partial charge is 0.506 e. The second-order valence-electron chi connectivity index (χ2n) is 9.05. The molecule has 2 unspecified atom stereocenters. The molecule has 0 aromatic heterocycles. The molecule has 0 amide bonds. The number of rotatable bonds is 6. The first kappa shape index (κ1) is 22.6. The van der Waals surface area contributed by atoms with E-state index in [0.717, 1.165) is 43.8 Å². The summed E-state index contributed by atoms with van der Waals surface area (Å²) in [6.45, 7) is 7.29. The van der Waals surface area contributed by atoms with Gasteiger partial charge in [0.1, 0.15) is 23.1 Å². The first-order valence-electron chi connectivity index (χ1n) is 11.7. The number of ether oxygens (including phenoxy) is 1. The second-order valence-corrected chi connectivity index (χ2v) is 9.05. The maximum Gasteiger partial charge on any atom is 0.210 e. The molecule has 6 nitrogen and oxygen atoms in total. The second kappa shape index (κ2) is 9.94. The number of nitrogens with one attached hydrogen (secondary N) is 1. The van der Waals surface area contributed by atoms with Gasteiger partial charge in [0, 0.05) is 38.3 Å². The summed E-state index contributed by atoms with van der Waals surface area (Å²) in [5.41, 5.74) is 2.64. The first-order chi connectivity index (χ1) is 15.5. The zero-order chi connectivity index (χ0) is 22.7. The van der Waals surface area contributed by atoms with Crippen LogP contribution in [0.25, 0.3) is 0 Å². The van der Waals surface area contributed by atoms with E-state index in [1.165, 1.54) is 30.5 Å². The molecule has 3 heterocycles. The number of amidine groups is 1. The van der Waals surface area contributed by atoms with Crippen molar-refractivity contribution in [1.82, 2.24) is 10.2 Å². The molecule has 174 valence electrons. The van der Waals surface area contributed by atoms with Gasteiger partial charge in [-0.05, 0) is 62.0 Å². The van der Waals surface area contributed by atoms with Gasteiger partial charge >= 0.3 is 0 Å². The number of anilines is 1. The minimum atomic E-state index is -0.391. The third kappa shape index (κ3) is 4.77. The average molecular weight is 443 g/mol. The molecular formula is C25H35FN4O2. The number of hydrogen-bond donors (Lipinski definition) is 2. The zero-order valence-electron chi connectivity index (χ0n) is 19.4. The maximum absolute atomic E-state index is 14.5. The fourth-order valence-corrected chi connectivity index (χ4v) is 5.08. The van der Waals surface area contributed by atoms with Crippen molar-refractivity contribution < 1.29 is 14.2 Å². The lowest BCUT2D eigenvalue weighted by Gasteiger charge is -2.39. The van der Waals surface area contributed by atoms with Crippen LogP contribution < -0.4 is 10.2 Å². The summed E-state index contributed by atoms with van der Waals surface area (Å²) in [6.07, 6.45) is 7.16. The van der Waals surface area contributed by atoms with E-state index in [4.69, 9.17) is 9.73 Å². The number of aromatic hydroxyl groups is 1. The number of para-hydroxylation sites is 1. The molecule has 4 rings (SSSR count). The Labute approximate surface area is 190 Å². The average Bonchev–Trinajstić information content (AvgIpc) is 3.12. The van der Waals surface area contributed by atoms with E-state index in [-0.39, 0.29) is 11.4 Å². The number of benzene rings is 1. The summed E-state index contributed by atoms with van der Waals surface area (Å²) in [4.78, 5) is 9.35. The van der Waals surface area contributed by atoms with E-state index in [0.29, 0.717) is 31.1 Å². The van der Waals surface area contributed by atoms with Gasteiger partial charge in [0.05, 0.1) is 7.11 Å². The topological polar surface area (TPSA) is 60.3 Å². The molecule has 2 saturated heterocycles. The first-order valence-corrected chi connectivity index (χ1v) is 11.7. The highest BCUT2D eigenvalue weighted by atomic mass is 19.1. The van der Waals surface area contributed by atoms with Crippen LogP contribution in [0.4, 0.5) is 10.1 Å². The van der Waals surface area contributed by atoms with Crippen molar-refractivity contribution >= 4 is 11.5 Å².